The lowest BCUT2D eigenvalue weighted by atomic mass is 9.72. The Morgan fingerprint density at radius 3 is 2.95 bits per heavy atom. The van der Waals surface area contributed by atoms with E-state index in [4.69, 9.17) is 10.5 Å². The minimum absolute atomic E-state index is 0.0201. The van der Waals surface area contributed by atoms with Gasteiger partial charge in [-0.1, -0.05) is 6.07 Å². The van der Waals surface area contributed by atoms with Gasteiger partial charge in [-0.15, -0.1) is 0 Å². The van der Waals surface area contributed by atoms with Gasteiger partial charge >= 0.3 is 0 Å². The van der Waals surface area contributed by atoms with Crippen LogP contribution in [0.1, 0.15) is 18.4 Å². The Morgan fingerprint density at radius 1 is 1.50 bits per heavy atom. The molecule has 0 bridgehead atoms. The van der Waals surface area contributed by atoms with Gasteiger partial charge in [-0.05, 0) is 24.5 Å². The van der Waals surface area contributed by atoms with Gasteiger partial charge in [0.05, 0.1) is 5.92 Å². The van der Waals surface area contributed by atoms with Crippen molar-refractivity contribution in [3.63, 3.8) is 0 Å². The van der Waals surface area contributed by atoms with Crippen LogP contribution in [0.5, 0.6) is 0 Å². The van der Waals surface area contributed by atoms with Crippen LogP contribution in [0, 0.1) is 11.3 Å². The van der Waals surface area contributed by atoms with E-state index in [1.165, 1.54) is 5.56 Å². The van der Waals surface area contributed by atoms with E-state index in [0.717, 1.165) is 45.7 Å². The van der Waals surface area contributed by atoms with Crippen LogP contribution in [-0.4, -0.2) is 42.1 Å². The fourth-order valence-electron chi connectivity index (χ4n) is 3.62. The molecule has 1 atom stereocenters. The van der Waals surface area contributed by atoms with Crippen LogP contribution in [0.3, 0.4) is 0 Å². The smallest absolute Gasteiger partial charge is 0.222 e. The average molecular weight is 275 g/mol. The standard InChI is InChI=1S/C15H21N3O2/c16-14(19)13-10-18(9-12-2-1-5-17-8-12)11-15(13)3-6-20-7-4-15/h1-2,5,8,13H,3-4,6-7,9-11H2,(H2,16,19). The van der Waals surface area contributed by atoms with Crippen molar-refractivity contribution < 1.29 is 9.53 Å². The molecule has 2 N–H and O–H groups in total. The molecule has 1 aromatic heterocycles. The van der Waals surface area contributed by atoms with Crippen molar-refractivity contribution in [3.05, 3.63) is 30.1 Å². The van der Waals surface area contributed by atoms with E-state index < -0.39 is 0 Å². The van der Waals surface area contributed by atoms with Crippen LogP contribution in [0.2, 0.25) is 0 Å². The number of carbonyl (C=O) groups is 1. The summed E-state index contributed by atoms with van der Waals surface area (Å²) < 4.78 is 5.46. The maximum atomic E-state index is 11.8. The summed E-state index contributed by atoms with van der Waals surface area (Å²) in [6.45, 7) is 4.00. The molecule has 0 aromatic carbocycles. The first kappa shape index (κ1) is 13.5. The van der Waals surface area contributed by atoms with Crippen molar-refractivity contribution in [2.24, 2.45) is 17.1 Å². The number of nitrogens with zero attached hydrogens (tertiary/aromatic N) is 2. The van der Waals surface area contributed by atoms with E-state index in [9.17, 15) is 4.79 Å². The van der Waals surface area contributed by atoms with Crippen molar-refractivity contribution in [2.75, 3.05) is 26.3 Å². The Balaban J connectivity index is 1.74. The molecule has 1 unspecified atom stereocenters. The van der Waals surface area contributed by atoms with E-state index >= 15 is 0 Å². The molecular formula is C15H21N3O2. The van der Waals surface area contributed by atoms with E-state index in [-0.39, 0.29) is 17.2 Å². The number of hydrogen-bond donors (Lipinski definition) is 1. The predicted molar refractivity (Wildman–Crippen MR) is 74.7 cm³/mol. The molecule has 1 spiro atoms. The normalized spacial score (nSPS) is 25.9. The number of hydrogen-bond acceptors (Lipinski definition) is 4. The summed E-state index contributed by atoms with van der Waals surface area (Å²) in [5.74, 6) is -0.219. The highest BCUT2D eigenvalue weighted by atomic mass is 16.5. The van der Waals surface area contributed by atoms with E-state index in [1.54, 1.807) is 6.20 Å². The first-order valence-corrected chi connectivity index (χ1v) is 7.18. The van der Waals surface area contributed by atoms with Crippen molar-refractivity contribution >= 4 is 5.91 Å². The fourth-order valence-corrected chi connectivity index (χ4v) is 3.62. The molecule has 2 fully saturated rings. The lowest BCUT2D eigenvalue weighted by Crippen LogP contribution is -2.42. The van der Waals surface area contributed by atoms with Gasteiger partial charge in [0.25, 0.3) is 0 Å². The molecule has 3 rings (SSSR count). The fraction of sp³-hybridized carbons (Fsp3) is 0.600. The third-order valence-corrected chi connectivity index (χ3v) is 4.68. The van der Waals surface area contributed by atoms with Crippen molar-refractivity contribution in [1.82, 2.24) is 9.88 Å². The summed E-state index contributed by atoms with van der Waals surface area (Å²) in [6, 6.07) is 4.02. The lowest BCUT2D eigenvalue weighted by molar-refractivity contribution is -0.126. The Hall–Kier alpha value is -1.46. The Kier molecular flexibility index (Phi) is 3.72. The second kappa shape index (κ2) is 5.50. The van der Waals surface area contributed by atoms with E-state index in [0.29, 0.717) is 0 Å². The van der Waals surface area contributed by atoms with Gasteiger partial charge < -0.3 is 10.5 Å². The van der Waals surface area contributed by atoms with Gasteiger partial charge in [0.1, 0.15) is 0 Å². The van der Waals surface area contributed by atoms with Crippen LogP contribution in [0.25, 0.3) is 0 Å². The number of carbonyl (C=O) groups excluding carboxylic acids is 1. The maximum Gasteiger partial charge on any atom is 0.222 e. The number of primary amides is 1. The molecule has 20 heavy (non-hydrogen) atoms. The first-order chi connectivity index (χ1) is 9.70. The van der Waals surface area contributed by atoms with Crippen molar-refractivity contribution in [2.45, 2.75) is 19.4 Å². The second-order valence-corrected chi connectivity index (χ2v) is 5.96. The zero-order valence-corrected chi connectivity index (χ0v) is 11.6. The Bertz CT molecular complexity index is 471. The highest BCUT2D eigenvalue weighted by Crippen LogP contribution is 2.44. The molecule has 0 radical (unpaired) electrons. The van der Waals surface area contributed by atoms with Crippen LogP contribution in [0.15, 0.2) is 24.5 Å². The minimum atomic E-state index is -0.166. The minimum Gasteiger partial charge on any atom is -0.381 e. The molecule has 1 amide bonds. The number of nitrogens with two attached hydrogens (primary N) is 1. The van der Waals surface area contributed by atoms with Gasteiger partial charge in [-0.25, -0.2) is 0 Å². The van der Waals surface area contributed by atoms with Crippen LogP contribution in [-0.2, 0) is 16.1 Å². The number of ether oxygens (including phenoxy) is 1. The van der Waals surface area contributed by atoms with Gasteiger partial charge in [-0.2, -0.15) is 0 Å². The Labute approximate surface area is 119 Å². The molecule has 108 valence electrons. The number of pyridine rings is 1. The first-order valence-electron chi connectivity index (χ1n) is 7.18. The third kappa shape index (κ3) is 2.55. The molecule has 1 aromatic rings. The Morgan fingerprint density at radius 2 is 2.30 bits per heavy atom. The molecule has 2 aliphatic heterocycles. The molecule has 0 saturated carbocycles. The van der Waals surface area contributed by atoms with Crippen LogP contribution >= 0.6 is 0 Å². The molecular weight excluding hydrogens is 254 g/mol. The highest BCUT2D eigenvalue weighted by Gasteiger charge is 2.49. The molecule has 5 heteroatoms. The monoisotopic (exact) mass is 275 g/mol. The maximum absolute atomic E-state index is 11.8. The van der Waals surface area contributed by atoms with Crippen molar-refractivity contribution in [1.29, 1.82) is 0 Å². The van der Waals surface area contributed by atoms with Crippen LogP contribution in [0.4, 0.5) is 0 Å². The number of aromatic nitrogens is 1. The third-order valence-electron chi connectivity index (χ3n) is 4.68. The summed E-state index contributed by atoms with van der Waals surface area (Å²) in [5, 5.41) is 0. The molecule has 3 heterocycles. The highest BCUT2D eigenvalue weighted by molar-refractivity contribution is 5.78. The van der Waals surface area contributed by atoms with Crippen molar-refractivity contribution in [3.8, 4) is 0 Å². The number of amides is 1. The molecule has 0 aliphatic carbocycles. The zero-order valence-electron chi connectivity index (χ0n) is 11.6. The van der Waals surface area contributed by atoms with Gasteiger partial charge in [0.15, 0.2) is 0 Å². The lowest BCUT2D eigenvalue weighted by Gasteiger charge is -2.36. The quantitative estimate of drug-likeness (QED) is 0.886. The van der Waals surface area contributed by atoms with Crippen LogP contribution < -0.4 is 5.73 Å². The largest absolute Gasteiger partial charge is 0.381 e. The number of rotatable bonds is 3. The zero-order chi connectivity index (χ0) is 14.0. The van der Waals surface area contributed by atoms with Gasteiger partial charge in [0.2, 0.25) is 5.91 Å². The summed E-state index contributed by atoms with van der Waals surface area (Å²) in [5.41, 5.74) is 6.84. The SMILES string of the molecule is NC(=O)C1CN(Cc2cccnc2)CC12CCOCC2. The number of likely N-dealkylation sites (tertiary alicyclic amines) is 1. The predicted octanol–water partition coefficient (Wildman–Crippen LogP) is 0.795. The molecule has 2 aliphatic rings. The topological polar surface area (TPSA) is 68.5 Å². The molecule has 5 nitrogen and oxygen atoms in total. The molecule has 2 saturated heterocycles. The summed E-state index contributed by atoms with van der Waals surface area (Å²) >= 11 is 0. The van der Waals surface area contributed by atoms with E-state index in [1.807, 2.05) is 12.3 Å². The summed E-state index contributed by atoms with van der Waals surface area (Å²) in [7, 11) is 0. The second-order valence-electron chi connectivity index (χ2n) is 5.96. The van der Waals surface area contributed by atoms with E-state index in [2.05, 4.69) is 16.0 Å². The average Bonchev–Trinajstić information content (AvgIpc) is 2.79. The summed E-state index contributed by atoms with van der Waals surface area (Å²) in [6.07, 6.45) is 5.53. The summed E-state index contributed by atoms with van der Waals surface area (Å²) in [4.78, 5) is 18.3. The van der Waals surface area contributed by atoms with Gasteiger partial charge in [-0.3, -0.25) is 14.7 Å². The van der Waals surface area contributed by atoms with Gasteiger partial charge in [0, 0.05) is 50.7 Å².